The van der Waals surface area contributed by atoms with Crippen LogP contribution in [-0.2, 0) is 59.8 Å². The van der Waals surface area contributed by atoms with Crippen LogP contribution in [0.15, 0.2) is 42.5 Å². The minimum Gasteiger partial charge on any atom is -0.485 e. The molecule has 1 heterocycles. The first-order valence-electron chi connectivity index (χ1n) is 15.4. The van der Waals surface area contributed by atoms with Crippen LogP contribution in [0.5, 0.6) is 5.75 Å². The number of hydrogen-bond donors (Lipinski definition) is 1. The van der Waals surface area contributed by atoms with Gasteiger partial charge in [0, 0.05) is 45.4 Å². The van der Waals surface area contributed by atoms with Crippen molar-refractivity contribution in [3.05, 3.63) is 64.2 Å². The molecule has 0 aromatic heterocycles. The van der Waals surface area contributed by atoms with E-state index in [1.807, 2.05) is 24.3 Å². The molecule has 4 rings (SSSR count). The van der Waals surface area contributed by atoms with Gasteiger partial charge >= 0.3 is 23.9 Å². The summed E-state index contributed by atoms with van der Waals surface area (Å²) in [4.78, 5) is 48.3. The summed E-state index contributed by atoms with van der Waals surface area (Å²) in [5.41, 5.74) is 1.23. The predicted octanol–water partition coefficient (Wildman–Crippen LogP) is 4.17. The molecule has 0 unspecified atom stereocenters. The first-order chi connectivity index (χ1) is 22.2. The number of halogens is 1. The molecule has 2 aromatic carbocycles. The molecule has 13 heteroatoms. The molecule has 1 aliphatic carbocycles. The van der Waals surface area contributed by atoms with Gasteiger partial charge in [-0.2, -0.15) is 0 Å². The van der Waals surface area contributed by atoms with E-state index < -0.39 is 60.7 Å². The van der Waals surface area contributed by atoms with Crippen LogP contribution in [0.4, 0.5) is 0 Å². The Kier molecular flexibility index (Phi) is 11.9. The Bertz CT molecular complexity index is 1440. The topological polar surface area (TPSA) is 153 Å². The van der Waals surface area contributed by atoms with Crippen LogP contribution in [0, 0.1) is 0 Å². The van der Waals surface area contributed by atoms with Gasteiger partial charge in [0.1, 0.15) is 24.1 Å². The Morgan fingerprint density at radius 1 is 0.872 bits per heavy atom. The van der Waals surface area contributed by atoms with E-state index in [1.54, 1.807) is 19.2 Å². The summed E-state index contributed by atoms with van der Waals surface area (Å²) in [6.07, 6.45) is -1.66. The highest BCUT2D eigenvalue weighted by Gasteiger charge is 2.60. The van der Waals surface area contributed by atoms with Crippen molar-refractivity contribution in [3.8, 4) is 5.75 Å². The van der Waals surface area contributed by atoms with Crippen LogP contribution in [0.3, 0.4) is 0 Å². The van der Waals surface area contributed by atoms with Gasteiger partial charge in [-0.1, -0.05) is 29.8 Å². The van der Waals surface area contributed by atoms with E-state index in [1.165, 1.54) is 6.07 Å². The van der Waals surface area contributed by atoms with Gasteiger partial charge in [0.25, 0.3) is 0 Å². The third kappa shape index (κ3) is 9.01. The fourth-order valence-corrected chi connectivity index (χ4v) is 6.33. The van der Waals surface area contributed by atoms with Gasteiger partial charge in [-0.3, -0.25) is 19.2 Å². The van der Waals surface area contributed by atoms with Crippen LogP contribution in [0.2, 0.25) is 5.02 Å². The highest BCUT2D eigenvalue weighted by atomic mass is 35.5. The quantitative estimate of drug-likeness (QED) is 0.254. The largest absolute Gasteiger partial charge is 0.485 e. The SMILES string of the molecule is COCC1(Oc2ccc(Cc3cc([C@@]4(O)O[C@H](COC(C)=O)[C@@H](OC(C)=O)[C@H](OC(C)=O)[C@H]4OC(C)=O)ccc3Cl)cc2)CCCC1. The normalized spacial score (nSPS) is 25.0. The molecule has 5 atom stereocenters. The van der Waals surface area contributed by atoms with E-state index in [0.717, 1.165) is 64.7 Å². The molecule has 0 spiro atoms. The minimum absolute atomic E-state index is 0.0945. The van der Waals surface area contributed by atoms with Gasteiger partial charge in [0.2, 0.25) is 11.9 Å². The second-order valence-corrected chi connectivity index (χ2v) is 12.3. The number of carbonyl (C=O) groups excluding carboxylic acids is 4. The standard InChI is InChI=1S/C34H41ClO12/c1-20(36)42-18-29-30(43-21(2)37)31(44-22(3)38)32(45-23(4)39)34(40,47-29)26-10-13-28(35)25(17-26)16-24-8-11-27(12-9-24)46-33(19-41-5)14-6-7-15-33/h8-13,17,29-32,40H,6-7,14-16,18-19H2,1-5H3/t29-,30-,31+,32-,34-/m1/s1. The monoisotopic (exact) mass is 676 g/mol. The molecular formula is C34H41ClO12. The van der Waals surface area contributed by atoms with Crippen molar-refractivity contribution in [1.82, 2.24) is 0 Å². The lowest BCUT2D eigenvalue weighted by atomic mass is 9.86. The molecule has 0 radical (unpaired) electrons. The summed E-state index contributed by atoms with van der Waals surface area (Å²) in [5, 5.41) is 12.6. The lowest BCUT2D eigenvalue weighted by Gasteiger charge is -2.48. The number of carbonyl (C=O) groups is 4. The van der Waals surface area contributed by atoms with Gasteiger partial charge in [0.15, 0.2) is 12.2 Å². The number of aliphatic hydroxyl groups is 1. The van der Waals surface area contributed by atoms with E-state index >= 15 is 0 Å². The van der Waals surface area contributed by atoms with Gasteiger partial charge < -0.3 is 38.3 Å². The van der Waals surface area contributed by atoms with Gasteiger partial charge in [-0.05, 0) is 67.5 Å². The lowest BCUT2D eigenvalue weighted by Crippen LogP contribution is -2.66. The molecule has 1 saturated heterocycles. The third-order valence-corrected chi connectivity index (χ3v) is 8.46. The number of hydrogen-bond acceptors (Lipinski definition) is 12. The summed E-state index contributed by atoms with van der Waals surface area (Å²) >= 11 is 6.61. The van der Waals surface area contributed by atoms with Crippen LogP contribution < -0.4 is 4.74 Å². The molecular weight excluding hydrogens is 636 g/mol. The second kappa shape index (κ2) is 15.5. The molecule has 12 nitrogen and oxygen atoms in total. The molecule has 0 amide bonds. The Balaban J connectivity index is 1.68. The van der Waals surface area contributed by atoms with Crippen LogP contribution in [0.1, 0.15) is 70.1 Å². The molecule has 2 aliphatic rings. The van der Waals surface area contributed by atoms with Gasteiger partial charge in [0.05, 0.1) is 6.61 Å². The second-order valence-electron chi connectivity index (χ2n) is 11.9. The molecule has 1 aliphatic heterocycles. The first-order valence-corrected chi connectivity index (χ1v) is 15.7. The highest BCUT2D eigenvalue weighted by Crippen LogP contribution is 2.42. The fraction of sp³-hybridized carbons (Fsp3) is 0.529. The summed E-state index contributed by atoms with van der Waals surface area (Å²) in [7, 11) is 1.67. The molecule has 1 saturated carbocycles. The Labute approximate surface area is 278 Å². The molecule has 47 heavy (non-hydrogen) atoms. The maximum Gasteiger partial charge on any atom is 0.303 e. The zero-order valence-corrected chi connectivity index (χ0v) is 27.9. The summed E-state index contributed by atoms with van der Waals surface area (Å²) in [6, 6.07) is 12.2. The van der Waals surface area contributed by atoms with E-state index in [4.69, 9.17) is 44.8 Å². The lowest BCUT2D eigenvalue weighted by molar-refractivity contribution is -0.360. The van der Waals surface area contributed by atoms with E-state index in [0.29, 0.717) is 23.6 Å². The fourth-order valence-electron chi connectivity index (χ4n) is 6.15. The maximum absolute atomic E-state index is 12.3. The molecule has 0 bridgehead atoms. The maximum atomic E-state index is 12.3. The van der Waals surface area contributed by atoms with Crippen molar-refractivity contribution in [2.45, 2.75) is 95.6 Å². The number of rotatable bonds is 12. The number of benzene rings is 2. The average Bonchev–Trinajstić information content (AvgIpc) is 3.45. The highest BCUT2D eigenvalue weighted by molar-refractivity contribution is 6.31. The van der Waals surface area contributed by atoms with Crippen molar-refractivity contribution < 1.29 is 57.4 Å². The zero-order valence-electron chi connectivity index (χ0n) is 27.1. The van der Waals surface area contributed by atoms with E-state index in [-0.39, 0.29) is 11.2 Å². The average molecular weight is 677 g/mol. The number of ether oxygens (including phenoxy) is 7. The summed E-state index contributed by atoms with van der Waals surface area (Å²) in [6.45, 7) is 4.51. The van der Waals surface area contributed by atoms with Crippen LogP contribution >= 0.6 is 11.6 Å². The zero-order chi connectivity index (χ0) is 34.4. The van der Waals surface area contributed by atoms with E-state index in [2.05, 4.69) is 0 Å². The summed E-state index contributed by atoms with van der Waals surface area (Å²) < 4.78 is 39.4. The Morgan fingerprint density at radius 3 is 2.06 bits per heavy atom. The Morgan fingerprint density at radius 2 is 1.49 bits per heavy atom. The molecule has 2 aromatic rings. The molecule has 2 fully saturated rings. The van der Waals surface area contributed by atoms with Crippen molar-refractivity contribution in [2.75, 3.05) is 20.3 Å². The van der Waals surface area contributed by atoms with Crippen molar-refractivity contribution in [1.29, 1.82) is 0 Å². The smallest absolute Gasteiger partial charge is 0.303 e. The molecule has 256 valence electrons. The van der Waals surface area contributed by atoms with Crippen molar-refractivity contribution in [3.63, 3.8) is 0 Å². The summed E-state index contributed by atoms with van der Waals surface area (Å²) in [5.74, 6) is -4.86. The Hall–Kier alpha value is -3.71. The third-order valence-electron chi connectivity index (χ3n) is 8.09. The van der Waals surface area contributed by atoms with E-state index in [9.17, 15) is 24.3 Å². The number of methoxy groups -OCH3 is 1. The van der Waals surface area contributed by atoms with Gasteiger partial charge in [-0.25, -0.2) is 0 Å². The van der Waals surface area contributed by atoms with Crippen molar-refractivity contribution >= 4 is 35.5 Å². The van der Waals surface area contributed by atoms with Gasteiger partial charge in [-0.15, -0.1) is 0 Å². The minimum atomic E-state index is -2.47. The molecule has 1 N–H and O–H groups in total. The first kappa shape index (κ1) is 36.1. The number of esters is 4. The van der Waals surface area contributed by atoms with Crippen molar-refractivity contribution in [2.24, 2.45) is 0 Å². The van der Waals surface area contributed by atoms with Crippen LogP contribution in [0.25, 0.3) is 0 Å². The predicted molar refractivity (Wildman–Crippen MR) is 166 cm³/mol. The van der Waals surface area contributed by atoms with Crippen LogP contribution in [-0.4, -0.2) is 79.3 Å².